The fourth-order valence-corrected chi connectivity index (χ4v) is 2.81. The van der Waals surface area contributed by atoms with E-state index < -0.39 is 9.84 Å². The Bertz CT molecular complexity index is 449. The lowest BCUT2D eigenvalue weighted by atomic mass is 10.1. The third kappa shape index (κ3) is 4.10. The number of sulfone groups is 1. The number of benzene rings is 1. The van der Waals surface area contributed by atoms with E-state index in [2.05, 4.69) is 5.32 Å². The molecule has 0 fully saturated rings. The standard InChI is InChI=1S/C14H23NO2S/c1-12(2)18(16,17)14-9-7-13(8-10-14)6-4-5-11-15-3/h7-10,12,15H,4-6,11H2,1-3H3. The van der Waals surface area contributed by atoms with E-state index in [1.165, 1.54) is 5.56 Å². The van der Waals surface area contributed by atoms with Crippen molar-refractivity contribution in [3.05, 3.63) is 29.8 Å². The lowest BCUT2D eigenvalue weighted by Gasteiger charge is -2.08. The lowest BCUT2D eigenvalue weighted by molar-refractivity contribution is 0.587. The third-order valence-electron chi connectivity index (χ3n) is 3.01. The molecule has 0 saturated carbocycles. The minimum atomic E-state index is -3.13. The summed E-state index contributed by atoms with van der Waals surface area (Å²) < 4.78 is 23.9. The molecule has 4 heteroatoms. The van der Waals surface area contributed by atoms with Crippen LogP contribution >= 0.6 is 0 Å². The Morgan fingerprint density at radius 2 is 1.72 bits per heavy atom. The molecule has 1 aromatic rings. The van der Waals surface area contributed by atoms with E-state index in [0.717, 1.165) is 25.8 Å². The predicted octanol–water partition coefficient (Wildman–Crippen LogP) is 2.41. The molecule has 0 radical (unpaired) electrons. The normalized spacial score (nSPS) is 12.0. The van der Waals surface area contributed by atoms with Gasteiger partial charge in [-0.1, -0.05) is 12.1 Å². The molecule has 3 nitrogen and oxygen atoms in total. The van der Waals surface area contributed by atoms with Crippen molar-refractivity contribution in [2.45, 2.75) is 43.3 Å². The minimum Gasteiger partial charge on any atom is -0.320 e. The third-order valence-corrected chi connectivity index (χ3v) is 5.19. The van der Waals surface area contributed by atoms with Gasteiger partial charge >= 0.3 is 0 Å². The van der Waals surface area contributed by atoms with Crippen LogP contribution in [0.2, 0.25) is 0 Å². The number of hydrogen-bond acceptors (Lipinski definition) is 3. The molecule has 0 aliphatic rings. The molecule has 1 N–H and O–H groups in total. The average molecular weight is 269 g/mol. The Balaban J connectivity index is 2.63. The van der Waals surface area contributed by atoms with Crippen molar-refractivity contribution in [3.63, 3.8) is 0 Å². The molecule has 1 rings (SSSR count). The lowest BCUT2D eigenvalue weighted by Crippen LogP contribution is -2.13. The Morgan fingerprint density at radius 1 is 1.11 bits per heavy atom. The smallest absolute Gasteiger partial charge is 0.180 e. The van der Waals surface area contributed by atoms with Gasteiger partial charge in [0.05, 0.1) is 10.1 Å². The molecule has 0 aliphatic heterocycles. The first-order chi connectivity index (χ1) is 8.48. The van der Waals surface area contributed by atoms with Gasteiger partial charge in [-0.3, -0.25) is 0 Å². The van der Waals surface area contributed by atoms with E-state index in [0.29, 0.717) is 4.90 Å². The van der Waals surface area contributed by atoms with Crippen LogP contribution < -0.4 is 5.32 Å². The SMILES string of the molecule is CNCCCCc1ccc(S(=O)(=O)C(C)C)cc1. The fourth-order valence-electron chi connectivity index (χ4n) is 1.75. The second kappa shape index (κ2) is 6.90. The molecular weight excluding hydrogens is 246 g/mol. The van der Waals surface area contributed by atoms with Crippen LogP contribution in [0.3, 0.4) is 0 Å². The van der Waals surface area contributed by atoms with Gasteiger partial charge in [-0.2, -0.15) is 0 Å². The number of nitrogens with one attached hydrogen (secondary N) is 1. The molecule has 18 heavy (non-hydrogen) atoms. The van der Waals surface area contributed by atoms with Crippen molar-refractivity contribution in [1.29, 1.82) is 0 Å². The van der Waals surface area contributed by atoms with Crippen molar-refractivity contribution in [3.8, 4) is 0 Å². The van der Waals surface area contributed by atoms with E-state index in [1.54, 1.807) is 26.0 Å². The van der Waals surface area contributed by atoms with E-state index in [1.807, 2.05) is 19.2 Å². The summed E-state index contributed by atoms with van der Waals surface area (Å²) >= 11 is 0. The van der Waals surface area contributed by atoms with Crippen LogP contribution in [0.25, 0.3) is 0 Å². The summed E-state index contributed by atoms with van der Waals surface area (Å²) in [6.45, 7) is 4.45. The molecule has 0 spiro atoms. The highest BCUT2D eigenvalue weighted by Crippen LogP contribution is 2.17. The van der Waals surface area contributed by atoms with Crippen molar-refractivity contribution < 1.29 is 8.42 Å². The Kier molecular flexibility index (Phi) is 5.82. The second-order valence-corrected chi connectivity index (χ2v) is 7.30. The summed E-state index contributed by atoms with van der Waals surface area (Å²) in [5.41, 5.74) is 1.20. The van der Waals surface area contributed by atoms with Crippen molar-refractivity contribution >= 4 is 9.84 Å². The van der Waals surface area contributed by atoms with Crippen molar-refractivity contribution in [2.24, 2.45) is 0 Å². The van der Waals surface area contributed by atoms with Gasteiger partial charge in [0, 0.05) is 0 Å². The average Bonchev–Trinajstić information content (AvgIpc) is 2.35. The van der Waals surface area contributed by atoms with Crippen LogP contribution in [0.5, 0.6) is 0 Å². The number of hydrogen-bond donors (Lipinski definition) is 1. The number of rotatable bonds is 7. The fraction of sp³-hybridized carbons (Fsp3) is 0.571. The van der Waals surface area contributed by atoms with Crippen molar-refractivity contribution in [1.82, 2.24) is 5.32 Å². The van der Waals surface area contributed by atoms with Gasteiger partial charge in [-0.25, -0.2) is 8.42 Å². The predicted molar refractivity (Wildman–Crippen MR) is 75.6 cm³/mol. The molecule has 0 unspecified atom stereocenters. The number of aryl methyl sites for hydroxylation is 1. The van der Waals surface area contributed by atoms with Crippen LogP contribution in [0, 0.1) is 0 Å². The van der Waals surface area contributed by atoms with E-state index in [4.69, 9.17) is 0 Å². The van der Waals surface area contributed by atoms with Gasteiger partial charge in [0.15, 0.2) is 9.84 Å². The van der Waals surface area contributed by atoms with Crippen LogP contribution in [0.4, 0.5) is 0 Å². The van der Waals surface area contributed by atoms with Gasteiger partial charge in [0.1, 0.15) is 0 Å². The molecule has 0 heterocycles. The zero-order chi connectivity index (χ0) is 13.6. The van der Waals surface area contributed by atoms with Gasteiger partial charge in [-0.15, -0.1) is 0 Å². The van der Waals surface area contributed by atoms with E-state index in [-0.39, 0.29) is 5.25 Å². The first kappa shape index (κ1) is 15.2. The molecule has 0 aromatic heterocycles. The molecule has 0 saturated heterocycles. The topological polar surface area (TPSA) is 46.2 Å². The molecule has 0 aliphatic carbocycles. The zero-order valence-corrected chi connectivity index (χ0v) is 12.3. The van der Waals surface area contributed by atoms with Crippen LogP contribution in [-0.4, -0.2) is 27.3 Å². The van der Waals surface area contributed by atoms with E-state index in [9.17, 15) is 8.42 Å². The highest BCUT2D eigenvalue weighted by molar-refractivity contribution is 7.92. The second-order valence-electron chi connectivity index (χ2n) is 4.80. The Morgan fingerprint density at radius 3 is 2.22 bits per heavy atom. The maximum Gasteiger partial charge on any atom is 0.180 e. The summed E-state index contributed by atoms with van der Waals surface area (Å²) in [6, 6.07) is 7.30. The summed E-state index contributed by atoms with van der Waals surface area (Å²) in [5.74, 6) is 0. The number of unbranched alkanes of at least 4 members (excludes halogenated alkanes) is 1. The summed E-state index contributed by atoms with van der Waals surface area (Å²) in [4.78, 5) is 0.427. The summed E-state index contributed by atoms with van der Waals surface area (Å²) in [6.07, 6.45) is 3.27. The first-order valence-electron chi connectivity index (χ1n) is 6.46. The van der Waals surface area contributed by atoms with Gasteiger partial charge in [0.25, 0.3) is 0 Å². The summed E-state index contributed by atoms with van der Waals surface area (Å²) in [7, 11) is -1.18. The van der Waals surface area contributed by atoms with E-state index >= 15 is 0 Å². The highest BCUT2D eigenvalue weighted by Gasteiger charge is 2.18. The maximum atomic E-state index is 11.9. The first-order valence-corrected chi connectivity index (χ1v) is 8.00. The quantitative estimate of drug-likeness (QED) is 0.773. The summed E-state index contributed by atoms with van der Waals surface area (Å²) in [5, 5.41) is 2.75. The molecular formula is C14H23NO2S. The maximum absolute atomic E-state index is 11.9. The monoisotopic (exact) mass is 269 g/mol. The Labute approximate surface area is 111 Å². The molecule has 0 bridgehead atoms. The largest absolute Gasteiger partial charge is 0.320 e. The van der Waals surface area contributed by atoms with Crippen LogP contribution in [0.1, 0.15) is 32.3 Å². The molecule has 0 amide bonds. The molecule has 1 aromatic carbocycles. The van der Waals surface area contributed by atoms with Crippen LogP contribution in [-0.2, 0) is 16.3 Å². The van der Waals surface area contributed by atoms with Gasteiger partial charge in [-0.05, 0) is 64.4 Å². The minimum absolute atomic E-state index is 0.362. The zero-order valence-electron chi connectivity index (χ0n) is 11.4. The van der Waals surface area contributed by atoms with Crippen LogP contribution in [0.15, 0.2) is 29.2 Å². The van der Waals surface area contributed by atoms with Gasteiger partial charge in [0.2, 0.25) is 0 Å². The Hall–Kier alpha value is -0.870. The van der Waals surface area contributed by atoms with Gasteiger partial charge < -0.3 is 5.32 Å². The highest BCUT2D eigenvalue weighted by atomic mass is 32.2. The van der Waals surface area contributed by atoms with Crippen molar-refractivity contribution in [2.75, 3.05) is 13.6 Å². The molecule has 0 atom stereocenters. The molecule has 102 valence electrons.